The molecule has 1 aliphatic rings. The van der Waals surface area contributed by atoms with E-state index in [0.29, 0.717) is 18.8 Å². The molecule has 5 rings (SSSR count). The van der Waals surface area contributed by atoms with Crippen molar-refractivity contribution in [3.63, 3.8) is 0 Å². The van der Waals surface area contributed by atoms with Gasteiger partial charge in [-0.1, -0.05) is 35.9 Å². The molecule has 2 aromatic carbocycles. The summed E-state index contributed by atoms with van der Waals surface area (Å²) in [6, 6.07) is 15.6. The molecule has 0 aliphatic carbocycles. The van der Waals surface area contributed by atoms with Gasteiger partial charge in [0.25, 0.3) is 5.56 Å². The molecule has 35 heavy (non-hydrogen) atoms. The highest BCUT2D eigenvalue weighted by Crippen LogP contribution is 2.32. The molecular formula is C28H30N4O3. The van der Waals surface area contributed by atoms with Crippen LogP contribution in [0.2, 0.25) is 0 Å². The van der Waals surface area contributed by atoms with Gasteiger partial charge in [-0.2, -0.15) is 9.78 Å². The van der Waals surface area contributed by atoms with E-state index in [0.717, 1.165) is 34.0 Å². The fourth-order valence-corrected chi connectivity index (χ4v) is 4.68. The Morgan fingerprint density at radius 2 is 1.77 bits per heavy atom. The largest absolute Gasteiger partial charge is 0.444 e. The van der Waals surface area contributed by atoms with Crippen molar-refractivity contribution in [3.05, 3.63) is 81.9 Å². The standard InChI is InChI=1S/C28H30N4O3/c1-18-6-8-19(9-7-18)20-14-26(33)32(29-16-20)21-10-11-22-23-17-31(27(34)35-28(2,3)4)13-12-24(23)30(5)25(22)15-21/h6-11,14-16H,12-13,17H2,1-5H3. The number of hydrogen-bond acceptors (Lipinski definition) is 4. The Bertz CT molecular complexity index is 1490. The van der Waals surface area contributed by atoms with Gasteiger partial charge in [-0.05, 0) is 45.4 Å². The van der Waals surface area contributed by atoms with Crippen LogP contribution >= 0.6 is 0 Å². The number of carbonyl (C=O) groups is 1. The molecule has 0 saturated heterocycles. The van der Waals surface area contributed by atoms with E-state index in [1.807, 2.05) is 77.2 Å². The number of rotatable bonds is 2. The first-order valence-corrected chi connectivity index (χ1v) is 11.9. The van der Waals surface area contributed by atoms with Crippen LogP contribution in [0.15, 0.2) is 59.5 Å². The zero-order chi connectivity index (χ0) is 24.9. The number of fused-ring (bicyclic) bond motifs is 3. The zero-order valence-corrected chi connectivity index (χ0v) is 20.8. The van der Waals surface area contributed by atoms with Gasteiger partial charge in [0.15, 0.2) is 0 Å². The average molecular weight is 471 g/mol. The third-order valence-electron chi connectivity index (χ3n) is 6.47. The molecule has 1 amide bonds. The summed E-state index contributed by atoms with van der Waals surface area (Å²) in [5, 5.41) is 5.53. The number of hydrogen-bond donors (Lipinski definition) is 0. The highest BCUT2D eigenvalue weighted by molar-refractivity contribution is 5.88. The summed E-state index contributed by atoms with van der Waals surface area (Å²) in [5.74, 6) is 0. The number of ether oxygens (including phenoxy) is 1. The van der Waals surface area contributed by atoms with Gasteiger partial charge in [-0.15, -0.1) is 0 Å². The number of benzene rings is 2. The number of amides is 1. The lowest BCUT2D eigenvalue weighted by molar-refractivity contribution is 0.0223. The maximum absolute atomic E-state index is 13.0. The van der Waals surface area contributed by atoms with Crippen molar-refractivity contribution >= 4 is 17.0 Å². The first kappa shape index (κ1) is 22.9. The fraction of sp³-hybridized carbons (Fsp3) is 0.321. The zero-order valence-electron chi connectivity index (χ0n) is 20.8. The Morgan fingerprint density at radius 1 is 1.03 bits per heavy atom. The molecule has 0 spiro atoms. The molecule has 0 N–H and O–H groups in total. The van der Waals surface area contributed by atoms with E-state index in [9.17, 15) is 9.59 Å². The Labute approximate surface area is 204 Å². The van der Waals surface area contributed by atoms with Crippen LogP contribution < -0.4 is 5.56 Å². The first-order chi connectivity index (χ1) is 16.6. The van der Waals surface area contributed by atoms with Crippen LogP contribution in [-0.2, 0) is 24.8 Å². The molecule has 0 unspecified atom stereocenters. The van der Waals surface area contributed by atoms with E-state index in [1.165, 1.54) is 15.9 Å². The number of nitrogens with zero attached hydrogens (tertiary/aromatic N) is 4. The van der Waals surface area contributed by atoms with Gasteiger partial charge in [-0.3, -0.25) is 4.79 Å². The summed E-state index contributed by atoms with van der Waals surface area (Å²) in [6.45, 7) is 8.78. The second kappa shape index (κ2) is 8.41. The second-order valence-electron chi connectivity index (χ2n) is 10.2. The van der Waals surface area contributed by atoms with Gasteiger partial charge in [0, 0.05) is 48.3 Å². The summed E-state index contributed by atoms with van der Waals surface area (Å²) < 4.78 is 9.17. The average Bonchev–Trinajstić information content (AvgIpc) is 3.09. The number of aryl methyl sites for hydroxylation is 2. The van der Waals surface area contributed by atoms with Gasteiger partial charge < -0.3 is 14.2 Å². The van der Waals surface area contributed by atoms with E-state index in [4.69, 9.17) is 4.74 Å². The Kier molecular flexibility index (Phi) is 5.50. The molecule has 0 radical (unpaired) electrons. The predicted molar refractivity (Wildman–Crippen MR) is 137 cm³/mol. The van der Waals surface area contributed by atoms with E-state index >= 15 is 0 Å². The fourth-order valence-electron chi connectivity index (χ4n) is 4.68. The minimum Gasteiger partial charge on any atom is -0.444 e. The lowest BCUT2D eigenvalue weighted by Gasteiger charge is -2.30. The van der Waals surface area contributed by atoms with Crippen LogP contribution in [0.1, 0.15) is 37.6 Å². The third-order valence-corrected chi connectivity index (χ3v) is 6.47. The molecule has 0 saturated carbocycles. The summed E-state index contributed by atoms with van der Waals surface area (Å²) in [5.41, 5.74) is 6.26. The van der Waals surface area contributed by atoms with Gasteiger partial charge in [-0.25, -0.2) is 4.79 Å². The van der Waals surface area contributed by atoms with Gasteiger partial charge in [0.2, 0.25) is 0 Å². The van der Waals surface area contributed by atoms with Crippen LogP contribution in [-0.4, -0.2) is 37.5 Å². The van der Waals surface area contributed by atoms with Crippen LogP contribution in [0.3, 0.4) is 0 Å². The number of aromatic nitrogens is 3. The molecule has 1 aliphatic heterocycles. The molecule has 0 atom stereocenters. The lowest BCUT2D eigenvalue weighted by atomic mass is 10.0. The Morgan fingerprint density at radius 3 is 2.46 bits per heavy atom. The third kappa shape index (κ3) is 4.34. The summed E-state index contributed by atoms with van der Waals surface area (Å²) in [7, 11) is 2.03. The van der Waals surface area contributed by atoms with E-state index in [1.54, 1.807) is 17.2 Å². The van der Waals surface area contributed by atoms with Crippen LogP contribution in [0.25, 0.3) is 27.7 Å². The van der Waals surface area contributed by atoms with Crippen molar-refractivity contribution in [1.29, 1.82) is 0 Å². The maximum Gasteiger partial charge on any atom is 0.410 e. The highest BCUT2D eigenvalue weighted by atomic mass is 16.6. The molecule has 7 heteroatoms. The molecule has 3 heterocycles. The van der Waals surface area contributed by atoms with Crippen molar-refractivity contribution in [2.75, 3.05) is 6.54 Å². The van der Waals surface area contributed by atoms with Crippen LogP contribution in [0.4, 0.5) is 4.79 Å². The minimum atomic E-state index is -0.527. The van der Waals surface area contributed by atoms with E-state index in [-0.39, 0.29) is 11.7 Å². The normalized spacial score (nSPS) is 13.7. The topological polar surface area (TPSA) is 69.4 Å². The number of carbonyl (C=O) groups excluding carboxylic acids is 1. The molecule has 0 fully saturated rings. The quantitative estimate of drug-likeness (QED) is 0.414. The molecule has 4 aromatic rings. The van der Waals surface area contributed by atoms with Crippen molar-refractivity contribution in [2.45, 2.75) is 46.3 Å². The monoisotopic (exact) mass is 470 g/mol. The Balaban J connectivity index is 1.48. The molecule has 0 bridgehead atoms. The lowest BCUT2D eigenvalue weighted by Crippen LogP contribution is -2.40. The van der Waals surface area contributed by atoms with Crippen molar-refractivity contribution in [3.8, 4) is 16.8 Å². The smallest absolute Gasteiger partial charge is 0.410 e. The molecule has 7 nitrogen and oxygen atoms in total. The molecule has 2 aromatic heterocycles. The summed E-state index contributed by atoms with van der Waals surface area (Å²) in [6.07, 6.45) is 2.19. The van der Waals surface area contributed by atoms with E-state index in [2.05, 4.69) is 9.67 Å². The second-order valence-corrected chi connectivity index (χ2v) is 10.2. The molecule has 180 valence electrons. The van der Waals surface area contributed by atoms with Crippen LogP contribution in [0, 0.1) is 6.92 Å². The summed E-state index contributed by atoms with van der Waals surface area (Å²) >= 11 is 0. The van der Waals surface area contributed by atoms with Crippen LogP contribution in [0.5, 0.6) is 0 Å². The van der Waals surface area contributed by atoms with Gasteiger partial charge in [0.1, 0.15) is 5.60 Å². The molecular weight excluding hydrogens is 440 g/mol. The van der Waals surface area contributed by atoms with E-state index < -0.39 is 5.60 Å². The van der Waals surface area contributed by atoms with Gasteiger partial charge >= 0.3 is 6.09 Å². The van der Waals surface area contributed by atoms with Crippen molar-refractivity contribution in [2.24, 2.45) is 7.05 Å². The predicted octanol–water partition coefficient (Wildman–Crippen LogP) is 4.99. The van der Waals surface area contributed by atoms with Gasteiger partial charge in [0.05, 0.1) is 23.9 Å². The SMILES string of the molecule is Cc1ccc(-c2cnn(-c3ccc4c5c(n(C)c4c3)CCN(C(=O)OC(C)(C)C)C5)c(=O)c2)cc1. The first-order valence-electron chi connectivity index (χ1n) is 11.9. The minimum absolute atomic E-state index is 0.183. The summed E-state index contributed by atoms with van der Waals surface area (Å²) in [4.78, 5) is 27.4. The maximum atomic E-state index is 13.0. The van der Waals surface area contributed by atoms with Crippen molar-refractivity contribution < 1.29 is 9.53 Å². The Hall–Kier alpha value is -3.87. The van der Waals surface area contributed by atoms with Crippen molar-refractivity contribution in [1.82, 2.24) is 19.2 Å². The highest BCUT2D eigenvalue weighted by Gasteiger charge is 2.29.